The van der Waals surface area contributed by atoms with E-state index in [0.717, 1.165) is 28.8 Å². The van der Waals surface area contributed by atoms with Crippen molar-refractivity contribution in [1.29, 1.82) is 0 Å². The van der Waals surface area contributed by atoms with Crippen molar-refractivity contribution in [3.05, 3.63) is 59.1 Å². The van der Waals surface area contributed by atoms with Gasteiger partial charge in [-0.1, -0.05) is 54.9 Å². The number of hydrogen-bond donors (Lipinski definition) is 2. The molecular formula is C17H16ClN3. The van der Waals surface area contributed by atoms with Crippen molar-refractivity contribution in [2.45, 2.75) is 13.3 Å². The largest absolute Gasteiger partial charge is 0.382 e. The normalized spacial score (nSPS) is 10.8. The van der Waals surface area contributed by atoms with E-state index in [1.165, 1.54) is 5.56 Å². The van der Waals surface area contributed by atoms with Gasteiger partial charge in [0.15, 0.2) is 5.82 Å². The van der Waals surface area contributed by atoms with Gasteiger partial charge >= 0.3 is 0 Å². The maximum absolute atomic E-state index is 6.10. The van der Waals surface area contributed by atoms with E-state index in [4.69, 9.17) is 17.3 Å². The fraction of sp³-hybridized carbons (Fsp3) is 0.118. The van der Waals surface area contributed by atoms with Crippen LogP contribution in [-0.2, 0) is 6.42 Å². The highest BCUT2D eigenvalue weighted by Gasteiger charge is 2.16. The number of H-pyrrole nitrogens is 1. The smallest absolute Gasteiger partial charge is 0.153 e. The minimum absolute atomic E-state index is 0.484. The third-order valence-corrected chi connectivity index (χ3v) is 3.81. The molecule has 0 aliphatic heterocycles. The molecule has 3 N–H and O–H groups in total. The number of aromatic amines is 1. The molecule has 0 aliphatic carbocycles. The van der Waals surface area contributed by atoms with Crippen LogP contribution in [0, 0.1) is 0 Å². The van der Waals surface area contributed by atoms with Gasteiger partial charge < -0.3 is 5.73 Å². The zero-order valence-electron chi connectivity index (χ0n) is 11.7. The topological polar surface area (TPSA) is 54.7 Å². The first-order chi connectivity index (χ1) is 10.2. The lowest BCUT2D eigenvalue weighted by Gasteiger charge is -2.09. The average molecular weight is 298 g/mol. The molecule has 0 fully saturated rings. The fourth-order valence-electron chi connectivity index (χ4n) is 2.56. The van der Waals surface area contributed by atoms with Crippen LogP contribution >= 0.6 is 11.6 Å². The summed E-state index contributed by atoms with van der Waals surface area (Å²) in [5.41, 5.74) is 11.3. The van der Waals surface area contributed by atoms with E-state index in [9.17, 15) is 0 Å². The summed E-state index contributed by atoms with van der Waals surface area (Å²) in [4.78, 5) is 0. The van der Waals surface area contributed by atoms with Crippen LogP contribution in [0.15, 0.2) is 48.5 Å². The minimum Gasteiger partial charge on any atom is -0.382 e. The van der Waals surface area contributed by atoms with Crippen LogP contribution in [0.25, 0.3) is 22.4 Å². The summed E-state index contributed by atoms with van der Waals surface area (Å²) in [6.07, 6.45) is 0.948. The standard InChI is InChI=1S/C17H16ClN3/c1-2-11-6-3-4-9-14(11)16-15(17(19)21-20-16)12-7-5-8-13(18)10-12/h3-10H,2H2,1H3,(H3,19,20,21). The summed E-state index contributed by atoms with van der Waals surface area (Å²) in [5, 5.41) is 7.93. The molecule has 21 heavy (non-hydrogen) atoms. The van der Waals surface area contributed by atoms with E-state index >= 15 is 0 Å². The Balaban J connectivity index is 2.22. The Morgan fingerprint density at radius 1 is 1.14 bits per heavy atom. The number of aromatic nitrogens is 2. The van der Waals surface area contributed by atoms with Gasteiger partial charge in [0.25, 0.3) is 0 Å². The first-order valence-corrected chi connectivity index (χ1v) is 7.26. The summed E-state index contributed by atoms with van der Waals surface area (Å²) in [6.45, 7) is 2.14. The van der Waals surface area contributed by atoms with Crippen LogP contribution in [0.3, 0.4) is 0 Å². The van der Waals surface area contributed by atoms with E-state index in [1.807, 2.05) is 36.4 Å². The molecule has 3 rings (SSSR count). The first-order valence-electron chi connectivity index (χ1n) is 6.88. The van der Waals surface area contributed by atoms with Gasteiger partial charge in [0.05, 0.1) is 11.3 Å². The van der Waals surface area contributed by atoms with E-state index in [0.29, 0.717) is 10.8 Å². The van der Waals surface area contributed by atoms with Gasteiger partial charge in [-0.3, -0.25) is 5.10 Å². The van der Waals surface area contributed by atoms with Crippen LogP contribution < -0.4 is 5.73 Å². The van der Waals surface area contributed by atoms with Crippen molar-refractivity contribution in [1.82, 2.24) is 10.2 Å². The number of hydrogen-bond acceptors (Lipinski definition) is 2. The second-order valence-corrected chi connectivity index (χ2v) is 5.32. The number of nitrogen functional groups attached to an aromatic ring is 1. The second-order valence-electron chi connectivity index (χ2n) is 4.88. The average Bonchev–Trinajstić information content (AvgIpc) is 2.88. The Morgan fingerprint density at radius 2 is 1.95 bits per heavy atom. The maximum atomic E-state index is 6.10. The minimum atomic E-state index is 0.484. The quantitative estimate of drug-likeness (QED) is 0.745. The third kappa shape index (κ3) is 2.52. The zero-order chi connectivity index (χ0) is 14.8. The monoisotopic (exact) mass is 297 g/mol. The lowest BCUT2D eigenvalue weighted by atomic mass is 9.96. The lowest BCUT2D eigenvalue weighted by molar-refractivity contribution is 1.09. The number of rotatable bonds is 3. The molecule has 4 heteroatoms. The fourth-order valence-corrected chi connectivity index (χ4v) is 2.75. The zero-order valence-corrected chi connectivity index (χ0v) is 12.5. The number of nitrogens with zero attached hydrogens (tertiary/aromatic N) is 1. The van der Waals surface area contributed by atoms with E-state index in [-0.39, 0.29) is 0 Å². The molecule has 1 aromatic heterocycles. The lowest BCUT2D eigenvalue weighted by Crippen LogP contribution is -1.91. The molecule has 0 atom stereocenters. The Labute approximate surface area is 128 Å². The molecule has 0 unspecified atom stereocenters. The molecule has 3 aromatic rings. The third-order valence-electron chi connectivity index (χ3n) is 3.58. The number of halogens is 1. The Kier molecular flexibility index (Phi) is 3.67. The molecule has 1 heterocycles. The van der Waals surface area contributed by atoms with E-state index in [1.54, 1.807) is 0 Å². The summed E-state index contributed by atoms with van der Waals surface area (Å²) < 4.78 is 0. The van der Waals surface area contributed by atoms with E-state index in [2.05, 4.69) is 29.3 Å². The van der Waals surface area contributed by atoms with Crippen LogP contribution in [0.4, 0.5) is 5.82 Å². The molecule has 0 aliphatic rings. The van der Waals surface area contributed by atoms with Gasteiger partial charge in [0, 0.05) is 10.6 Å². The van der Waals surface area contributed by atoms with Crippen molar-refractivity contribution in [2.75, 3.05) is 5.73 Å². The molecule has 0 saturated carbocycles. The Bertz CT molecular complexity index is 777. The van der Waals surface area contributed by atoms with Gasteiger partial charge in [0.1, 0.15) is 0 Å². The van der Waals surface area contributed by atoms with Crippen LogP contribution in [0.5, 0.6) is 0 Å². The van der Waals surface area contributed by atoms with Crippen molar-refractivity contribution in [3.8, 4) is 22.4 Å². The summed E-state index contributed by atoms with van der Waals surface area (Å²) >= 11 is 6.10. The van der Waals surface area contributed by atoms with Gasteiger partial charge in [-0.15, -0.1) is 0 Å². The molecule has 0 spiro atoms. The van der Waals surface area contributed by atoms with Gasteiger partial charge in [-0.2, -0.15) is 5.10 Å². The molecular weight excluding hydrogens is 282 g/mol. The molecule has 0 radical (unpaired) electrons. The molecule has 2 aromatic carbocycles. The Morgan fingerprint density at radius 3 is 2.71 bits per heavy atom. The summed E-state index contributed by atoms with van der Waals surface area (Å²) in [5.74, 6) is 0.484. The van der Waals surface area contributed by atoms with E-state index < -0.39 is 0 Å². The number of nitrogens with one attached hydrogen (secondary N) is 1. The molecule has 0 saturated heterocycles. The van der Waals surface area contributed by atoms with Crippen molar-refractivity contribution < 1.29 is 0 Å². The molecule has 106 valence electrons. The summed E-state index contributed by atoms with van der Waals surface area (Å²) in [7, 11) is 0. The van der Waals surface area contributed by atoms with Crippen LogP contribution in [0.1, 0.15) is 12.5 Å². The number of anilines is 1. The van der Waals surface area contributed by atoms with Crippen LogP contribution in [-0.4, -0.2) is 10.2 Å². The SMILES string of the molecule is CCc1ccccc1-c1[nH]nc(N)c1-c1cccc(Cl)c1. The van der Waals surface area contributed by atoms with Crippen molar-refractivity contribution in [3.63, 3.8) is 0 Å². The first kappa shape index (κ1) is 13.7. The molecule has 0 bridgehead atoms. The Hall–Kier alpha value is -2.26. The van der Waals surface area contributed by atoms with Gasteiger partial charge in [-0.05, 0) is 29.7 Å². The predicted molar refractivity (Wildman–Crippen MR) is 88.3 cm³/mol. The summed E-state index contributed by atoms with van der Waals surface area (Å²) in [6, 6.07) is 15.9. The predicted octanol–water partition coefficient (Wildman–Crippen LogP) is 4.54. The number of benzene rings is 2. The highest BCUT2D eigenvalue weighted by molar-refractivity contribution is 6.30. The van der Waals surface area contributed by atoms with Crippen LogP contribution in [0.2, 0.25) is 5.02 Å². The second kappa shape index (κ2) is 5.62. The highest BCUT2D eigenvalue weighted by atomic mass is 35.5. The van der Waals surface area contributed by atoms with Crippen molar-refractivity contribution >= 4 is 17.4 Å². The highest BCUT2D eigenvalue weighted by Crippen LogP contribution is 2.36. The van der Waals surface area contributed by atoms with Gasteiger partial charge in [-0.25, -0.2) is 0 Å². The number of aryl methyl sites for hydroxylation is 1. The van der Waals surface area contributed by atoms with Crippen molar-refractivity contribution in [2.24, 2.45) is 0 Å². The maximum Gasteiger partial charge on any atom is 0.153 e. The molecule has 3 nitrogen and oxygen atoms in total. The molecule has 0 amide bonds. The number of nitrogens with two attached hydrogens (primary N) is 1. The van der Waals surface area contributed by atoms with Gasteiger partial charge in [0.2, 0.25) is 0 Å².